The number of hydrogen-bond donors (Lipinski definition) is 0. The molecule has 4 heteroatoms. The fraction of sp³-hybridized carbons (Fsp3) is 0.267. The smallest absolute Gasteiger partial charge is 0.172 e. The van der Waals surface area contributed by atoms with E-state index in [9.17, 15) is 4.79 Å². The molecule has 0 radical (unpaired) electrons. The number of carbonyl (C=O) groups is 1. The molecule has 1 aromatic heterocycles. The maximum Gasteiger partial charge on any atom is 0.172 e. The molecule has 19 heavy (non-hydrogen) atoms. The monoisotopic (exact) mass is 338 g/mol. The lowest BCUT2D eigenvalue weighted by Crippen LogP contribution is -1.93. The molecule has 0 aliphatic carbocycles. The van der Waals surface area contributed by atoms with Crippen LogP contribution in [0.5, 0.6) is 5.75 Å². The first kappa shape index (κ1) is 14.3. The summed E-state index contributed by atoms with van der Waals surface area (Å²) in [6, 6.07) is 9.74. The Morgan fingerprint density at radius 3 is 2.79 bits per heavy atom. The van der Waals surface area contributed by atoms with E-state index >= 15 is 0 Å². The van der Waals surface area contributed by atoms with E-state index in [0.717, 1.165) is 32.0 Å². The van der Waals surface area contributed by atoms with Crippen molar-refractivity contribution < 1.29 is 9.53 Å². The van der Waals surface area contributed by atoms with Crippen molar-refractivity contribution in [2.75, 3.05) is 7.11 Å². The zero-order valence-electron chi connectivity index (χ0n) is 10.9. The van der Waals surface area contributed by atoms with Crippen molar-refractivity contribution in [2.24, 2.45) is 0 Å². The van der Waals surface area contributed by atoms with Gasteiger partial charge in [0.1, 0.15) is 5.75 Å². The normalized spacial score (nSPS) is 10.5. The van der Waals surface area contributed by atoms with Gasteiger partial charge in [0.05, 0.1) is 12.0 Å². The van der Waals surface area contributed by atoms with Crippen LogP contribution in [-0.4, -0.2) is 12.9 Å². The van der Waals surface area contributed by atoms with Crippen molar-refractivity contribution >= 4 is 33.0 Å². The van der Waals surface area contributed by atoms with E-state index in [0.29, 0.717) is 6.42 Å². The van der Waals surface area contributed by atoms with Crippen molar-refractivity contribution in [3.63, 3.8) is 0 Å². The third-order valence-corrected chi connectivity index (χ3v) is 4.65. The Kier molecular flexibility index (Phi) is 4.77. The third kappa shape index (κ3) is 3.25. The number of rotatable bonds is 5. The molecule has 1 aromatic carbocycles. The van der Waals surface area contributed by atoms with Gasteiger partial charge in [-0.3, -0.25) is 4.79 Å². The lowest BCUT2D eigenvalue weighted by molar-refractivity contribution is 0.0985. The molecule has 0 amide bonds. The van der Waals surface area contributed by atoms with Crippen LogP contribution in [0.3, 0.4) is 0 Å². The van der Waals surface area contributed by atoms with Crippen LogP contribution in [0.4, 0.5) is 0 Å². The molecule has 2 nitrogen and oxygen atoms in total. The van der Waals surface area contributed by atoms with Gasteiger partial charge in [-0.2, -0.15) is 0 Å². The summed E-state index contributed by atoms with van der Waals surface area (Å²) in [5.74, 6) is 1.03. The zero-order chi connectivity index (χ0) is 13.8. The van der Waals surface area contributed by atoms with Crippen LogP contribution in [0.1, 0.15) is 29.4 Å². The van der Waals surface area contributed by atoms with E-state index in [-0.39, 0.29) is 5.78 Å². The fourth-order valence-corrected chi connectivity index (χ4v) is 3.40. The van der Waals surface area contributed by atoms with Gasteiger partial charge in [0.25, 0.3) is 0 Å². The lowest BCUT2D eigenvalue weighted by Gasteiger charge is -2.05. The topological polar surface area (TPSA) is 26.3 Å². The van der Waals surface area contributed by atoms with Crippen molar-refractivity contribution in [3.05, 3.63) is 39.7 Å². The van der Waals surface area contributed by atoms with Crippen LogP contribution in [0.15, 0.2) is 34.8 Å². The predicted molar refractivity (Wildman–Crippen MR) is 83.2 cm³/mol. The van der Waals surface area contributed by atoms with Gasteiger partial charge >= 0.3 is 0 Å². The molecule has 1 heterocycles. The van der Waals surface area contributed by atoms with Crippen LogP contribution in [-0.2, 0) is 0 Å². The van der Waals surface area contributed by atoms with Crippen LogP contribution in [0, 0.1) is 0 Å². The molecular formula is C15H15BrO2S. The lowest BCUT2D eigenvalue weighted by atomic mass is 10.1. The van der Waals surface area contributed by atoms with Gasteiger partial charge in [0, 0.05) is 21.3 Å². The summed E-state index contributed by atoms with van der Waals surface area (Å²) in [5, 5.41) is 0. The molecule has 0 atom stereocenters. The average molecular weight is 339 g/mol. The zero-order valence-corrected chi connectivity index (χ0v) is 13.3. The summed E-state index contributed by atoms with van der Waals surface area (Å²) in [7, 11) is 1.65. The van der Waals surface area contributed by atoms with Gasteiger partial charge < -0.3 is 4.74 Å². The van der Waals surface area contributed by atoms with Crippen LogP contribution >= 0.6 is 27.3 Å². The fourth-order valence-electron chi connectivity index (χ4n) is 1.80. The van der Waals surface area contributed by atoms with Gasteiger partial charge in [-0.05, 0) is 36.8 Å². The average Bonchev–Trinajstić information content (AvgIpc) is 2.89. The SMILES string of the molecule is CCCC(=O)c1ccc(-c2cc(OC)ccc2Br)s1. The number of carbonyl (C=O) groups excluding carboxylic acids is 1. The predicted octanol–water partition coefficient (Wildman–Crippen LogP) is 5.17. The van der Waals surface area contributed by atoms with E-state index < -0.39 is 0 Å². The Morgan fingerprint density at radius 1 is 1.32 bits per heavy atom. The summed E-state index contributed by atoms with van der Waals surface area (Å²) < 4.78 is 6.25. The molecular weight excluding hydrogens is 324 g/mol. The third-order valence-electron chi connectivity index (χ3n) is 2.80. The van der Waals surface area contributed by atoms with Crippen LogP contribution in [0.2, 0.25) is 0 Å². The maximum atomic E-state index is 11.9. The number of methoxy groups -OCH3 is 1. The first-order valence-electron chi connectivity index (χ1n) is 6.12. The molecule has 0 unspecified atom stereocenters. The van der Waals surface area contributed by atoms with E-state index in [4.69, 9.17) is 4.74 Å². The molecule has 0 aliphatic rings. The summed E-state index contributed by atoms with van der Waals surface area (Å²) in [5.41, 5.74) is 1.06. The second kappa shape index (κ2) is 6.35. The van der Waals surface area contributed by atoms with Crippen molar-refractivity contribution in [3.8, 4) is 16.2 Å². The second-order valence-electron chi connectivity index (χ2n) is 4.18. The van der Waals surface area contributed by atoms with E-state index in [1.807, 2.05) is 37.3 Å². The number of ether oxygens (including phenoxy) is 1. The van der Waals surface area contributed by atoms with Crippen molar-refractivity contribution in [2.45, 2.75) is 19.8 Å². The molecule has 0 bridgehead atoms. The molecule has 2 rings (SSSR count). The second-order valence-corrected chi connectivity index (χ2v) is 6.12. The highest BCUT2D eigenvalue weighted by atomic mass is 79.9. The molecule has 100 valence electrons. The molecule has 0 N–H and O–H groups in total. The molecule has 2 aromatic rings. The Labute approximate surface area is 125 Å². The summed E-state index contributed by atoms with van der Waals surface area (Å²) in [4.78, 5) is 13.8. The maximum absolute atomic E-state index is 11.9. The Balaban J connectivity index is 2.34. The molecule has 0 spiro atoms. The van der Waals surface area contributed by atoms with E-state index in [1.54, 1.807) is 7.11 Å². The van der Waals surface area contributed by atoms with Gasteiger partial charge in [0.15, 0.2) is 5.78 Å². The molecule has 0 saturated heterocycles. The minimum atomic E-state index is 0.220. The van der Waals surface area contributed by atoms with Crippen LogP contribution in [0.25, 0.3) is 10.4 Å². The number of ketones is 1. The number of hydrogen-bond acceptors (Lipinski definition) is 3. The summed E-state index contributed by atoms with van der Waals surface area (Å²) >= 11 is 5.07. The minimum absolute atomic E-state index is 0.220. The highest BCUT2D eigenvalue weighted by Crippen LogP contribution is 2.36. The molecule has 0 saturated carbocycles. The van der Waals surface area contributed by atoms with Gasteiger partial charge in [-0.15, -0.1) is 11.3 Å². The standard InChI is InChI=1S/C15H15BrO2S/c1-3-4-13(17)15-8-7-14(19-15)11-9-10(18-2)5-6-12(11)16/h5-9H,3-4H2,1-2H3. The van der Waals surface area contributed by atoms with E-state index in [2.05, 4.69) is 15.9 Å². The highest BCUT2D eigenvalue weighted by Gasteiger charge is 2.12. The largest absolute Gasteiger partial charge is 0.497 e. The van der Waals surface area contributed by atoms with E-state index in [1.165, 1.54) is 11.3 Å². The van der Waals surface area contributed by atoms with Crippen molar-refractivity contribution in [1.82, 2.24) is 0 Å². The number of benzene rings is 1. The van der Waals surface area contributed by atoms with Gasteiger partial charge in [-0.1, -0.05) is 22.9 Å². The molecule has 0 aliphatic heterocycles. The Bertz CT molecular complexity index is 590. The summed E-state index contributed by atoms with van der Waals surface area (Å²) in [6.07, 6.45) is 1.49. The minimum Gasteiger partial charge on any atom is -0.497 e. The Morgan fingerprint density at radius 2 is 2.11 bits per heavy atom. The first-order valence-corrected chi connectivity index (χ1v) is 7.73. The quantitative estimate of drug-likeness (QED) is 0.703. The number of Topliss-reactive ketones (excluding diaryl/α,β-unsaturated/α-hetero) is 1. The van der Waals surface area contributed by atoms with Crippen LogP contribution < -0.4 is 4.74 Å². The summed E-state index contributed by atoms with van der Waals surface area (Å²) in [6.45, 7) is 2.02. The van der Waals surface area contributed by atoms with Gasteiger partial charge in [-0.25, -0.2) is 0 Å². The van der Waals surface area contributed by atoms with Crippen molar-refractivity contribution in [1.29, 1.82) is 0 Å². The first-order chi connectivity index (χ1) is 9.15. The Hall–Kier alpha value is -1.13. The molecule has 0 fully saturated rings. The number of halogens is 1. The highest BCUT2D eigenvalue weighted by molar-refractivity contribution is 9.10. The number of thiophene rings is 1. The van der Waals surface area contributed by atoms with Gasteiger partial charge in [0.2, 0.25) is 0 Å².